The lowest BCUT2D eigenvalue weighted by molar-refractivity contribution is 0.910. The summed E-state index contributed by atoms with van der Waals surface area (Å²) in [6, 6.07) is 4.49. The van der Waals surface area contributed by atoms with Crippen molar-refractivity contribution in [2.75, 3.05) is 5.32 Å². The molecule has 0 spiro atoms. The number of hydrogen-bond acceptors (Lipinski definition) is 3. The molecule has 0 saturated heterocycles. The largest absolute Gasteiger partial charge is 0.367 e. The van der Waals surface area contributed by atoms with Crippen LogP contribution in [0.15, 0.2) is 24.5 Å². The smallest absolute Gasteiger partial charge is 0.157 e. The van der Waals surface area contributed by atoms with Crippen LogP contribution in [0.25, 0.3) is 5.65 Å². The topological polar surface area (TPSA) is 42.2 Å². The first-order valence-electron chi connectivity index (χ1n) is 4.90. The molecule has 4 heteroatoms. The van der Waals surface area contributed by atoms with Gasteiger partial charge in [0.1, 0.15) is 5.82 Å². The molecule has 1 saturated carbocycles. The molecule has 1 fully saturated rings. The van der Waals surface area contributed by atoms with E-state index in [9.17, 15) is 0 Å². The Morgan fingerprint density at radius 2 is 2.36 bits per heavy atom. The van der Waals surface area contributed by atoms with E-state index in [1.54, 1.807) is 10.7 Å². The van der Waals surface area contributed by atoms with Crippen molar-refractivity contribution in [3.63, 3.8) is 0 Å². The summed E-state index contributed by atoms with van der Waals surface area (Å²) in [6.45, 7) is 2.25. The molecular formula is C10H12N4. The van der Waals surface area contributed by atoms with Crippen molar-refractivity contribution in [2.45, 2.75) is 19.4 Å². The molecule has 14 heavy (non-hydrogen) atoms. The van der Waals surface area contributed by atoms with E-state index in [1.807, 2.05) is 18.3 Å². The number of nitrogens with zero attached hydrogens (tertiary/aromatic N) is 3. The van der Waals surface area contributed by atoms with E-state index in [-0.39, 0.29) is 0 Å². The predicted molar refractivity (Wildman–Crippen MR) is 54.2 cm³/mol. The Kier molecular flexibility index (Phi) is 1.50. The molecule has 2 unspecified atom stereocenters. The SMILES string of the molecule is CC1CC1Nc1ccn2nccc2n1. The quantitative estimate of drug-likeness (QED) is 0.777. The van der Waals surface area contributed by atoms with Crippen LogP contribution in [0.2, 0.25) is 0 Å². The van der Waals surface area contributed by atoms with Crippen LogP contribution in [0, 0.1) is 5.92 Å². The maximum atomic E-state index is 4.44. The molecule has 72 valence electrons. The molecule has 0 amide bonds. The van der Waals surface area contributed by atoms with Crippen molar-refractivity contribution in [3.05, 3.63) is 24.5 Å². The van der Waals surface area contributed by atoms with Gasteiger partial charge >= 0.3 is 0 Å². The standard InChI is InChI=1S/C10H12N4/c1-7-6-8(7)12-9-3-5-14-10(13-9)2-4-11-14/h2-5,7-8H,6H2,1H3,(H,12,13). The van der Waals surface area contributed by atoms with Crippen LogP contribution in [0.1, 0.15) is 13.3 Å². The van der Waals surface area contributed by atoms with Crippen molar-refractivity contribution < 1.29 is 0 Å². The second-order valence-electron chi connectivity index (χ2n) is 3.91. The molecule has 2 aromatic rings. The van der Waals surface area contributed by atoms with Gasteiger partial charge in [-0.3, -0.25) is 0 Å². The number of aromatic nitrogens is 3. The third-order valence-corrected chi connectivity index (χ3v) is 2.70. The monoisotopic (exact) mass is 188 g/mol. The average Bonchev–Trinajstić information content (AvgIpc) is 2.70. The highest BCUT2D eigenvalue weighted by molar-refractivity contribution is 5.46. The lowest BCUT2D eigenvalue weighted by Gasteiger charge is -2.03. The third kappa shape index (κ3) is 1.23. The molecule has 1 aliphatic carbocycles. The maximum absolute atomic E-state index is 4.44. The van der Waals surface area contributed by atoms with Gasteiger partial charge in [-0.15, -0.1) is 0 Å². The fourth-order valence-electron chi connectivity index (χ4n) is 1.61. The van der Waals surface area contributed by atoms with Crippen LogP contribution in [0.3, 0.4) is 0 Å². The van der Waals surface area contributed by atoms with Gasteiger partial charge in [-0.25, -0.2) is 9.50 Å². The minimum absolute atomic E-state index is 0.618. The Bertz CT molecular complexity index is 462. The zero-order chi connectivity index (χ0) is 9.54. The third-order valence-electron chi connectivity index (χ3n) is 2.70. The van der Waals surface area contributed by atoms with Crippen molar-refractivity contribution in [1.29, 1.82) is 0 Å². The molecule has 0 aromatic carbocycles. The van der Waals surface area contributed by atoms with E-state index in [1.165, 1.54) is 6.42 Å². The molecule has 4 nitrogen and oxygen atoms in total. The Morgan fingerprint density at radius 1 is 1.50 bits per heavy atom. The molecule has 0 bridgehead atoms. The van der Waals surface area contributed by atoms with Crippen LogP contribution >= 0.6 is 0 Å². The summed E-state index contributed by atoms with van der Waals surface area (Å²) in [4.78, 5) is 4.44. The first kappa shape index (κ1) is 7.79. The van der Waals surface area contributed by atoms with Crippen molar-refractivity contribution in [1.82, 2.24) is 14.6 Å². The zero-order valence-electron chi connectivity index (χ0n) is 8.01. The highest BCUT2D eigenvalue weighted by Crippen LogP contribution is 2.31. The summed E-state index contributed by atoms with van der Waals surface area (Å²) in [6.07, 6.45) is 4.94. The van der Waals surface area contributed by atoms with Gasteiger partial charge in [0, 0.05) is 18.3 Å². The molecule has 1 N–H and O–H groups in total. The molecule has 2 atom stereocenters. The predicted octanol–water partition coefficient (Wildman–Crippen LogP) is 1.55. The zero-order valence-corrected chi connectivity index (χ0v) is 8.01. The van der Waals surface area contributed by atoms with Crippen LogP contribution < -0.4 is 5.32 Å². The number of hydrogen-bond donors (Lipinski definition) is 1. The summed E-state index contributed by atoms with van der Waals surface area (Å²) >= 11 is 0. The van der Waals surface area contributed by atoms with E-state index >= 15 is 0 Å². The Labute approximate surface area is 82.0 Å². The summed E-state index contributed by atoms with van der Waals surface area (Å²) < 4.78 is 1.77. The van der Waals surface area contributed by atoms with Gasteiger partial charge in [-0.05, 0) is 18.4 Å². The number of anilines is 1. The lowest BCUT2D eigenvalue weighted by atomic mass is 10.4. The molecule has 3 rings (SSSR count). The highest BCUT2D eigenvalue weighted by Gasteiger charge is 2.32. The van der Waals surface area contributed by atoms with Crippen molar-refractivity contribution in [2.24, 2.45) is 5.92 Å². The Morgan fingerprint density at radius 3 is 3.14 bits per heavy atom. The number of nitrogens with one attached hydrogen (secondary N) is 1. The molecule has 2 heterocycles. The number of fused-ring (bicyclic) bond motifs is 1. The van der Waals surface area contributed by atoms with E-state index < -0.39 is 0 Å². The van der Waals surface area contributed by atoms with E-state index in [0.29, 0.717) is 6.04 Å². The van der Waals surface area contributed by atoms with Crippen LogP contribution in [-0.4, -0.2) is 20.6 Å². The minimum Gasteiger partial charge on any atom is -0.367 e. The van der Waals surface area contributed by atoms with E-state index in [4.69, 9.17) is 0 Å². The maximum Gasteiger partial charge on any atom is 0.157 e. The van der Waals surface area contributed by atoms with Gasteiger partial charge in [0.15, 0.2) is 5.65 Å². The summed E-state index contributed by atoms with van der Waals surface area (Å²) in [7, 11) is 0. The number of rotatable bonds is 2. The van der Waals surface area contributed by atoms with Gasteiger partial charge < -0.3 is 5.32 Å². The lowest BCUT2D eigenvalue weighted by Crippen LogP contribution is -2.05. The van der Waals surface area contributed by atoms with Gasteiger partial charge in [0.05, 0.1) is 6.20 Å². The van der Waals surface area contributed by atoms with Crippen LogP contribution in [0.4, 0.5) is 5.82 Å². The molecular weight excluding hydrogens is 176 g/mol. The second kappa shape index (κ2) is 2.70. The fraction of sp³-hybridized carbons (Fsp3) is 0.400. The van der Waals surface area contributed by atoms with E-state index in [0.717, 1.165) is 17.4 Å². The Balaban J connectivity index is 1.89. The second-order valence-corrected chi connectivity index (χ2v) is 3.91. The summed E-state index contributed by atoms with van der Waals surface area (Å²) in [5.41, 5.74) is 0.892. The first-order chi connectivity index (χ1) is 6.83. The normalized spacial score (nSPS) is 25.2. The molecule has 0 radical (unpaired) electrons. The Hall–Kier alpha value is -1.58. The molecule has 0 aliphatic heterocycles. The fourth-order valence-corrected chi connectivity index (χ4v) is 1.61. The summed E-state index contributed by atoms with van der Waals surface area (Å²) in [5, 5.41) is 7.49. The van der Waals surface area contributed by atoms with E-state index in [2.05, 4.69) is 22.3 Å². The van der Waals surface area contributed by atoms with Gasteiger partial charge in [-0.2, -0.15) is 5.10 Å². The summed E-state index contributed by atoms with van der Waals surface area (Å²) in [5.74, 6) is 1.74. The van der Waals surface area contributed by atoms with Gasteiger partial charge in [-0.1, -0.05) is 6.92 Å². The molecule has 1 aliphatic rings. The average molecular weight is 188 g/mol. The van der Waals surface area contributed by atoms with Crippen LogP contribution in [0.5, 0.6) is 0 Å². The first-order valence-corrected chi connectivity index (χ1v) is 4.90. The van der Waals surface area contributed by atoms with Gasteiger partial charge in [0.25, 0.3) is 0 Å². The van der Waals surface area contributed by atoms with Crippen molar-refractivity contribution in [3.8, 4) is 0 Å². The van der Waals surface area contributed by atoms with Crippen LogP contribution in [-0.2, 0) is 0 Å². The molecule has 2 aromatic heterocycles. The van der Waals surface area contributed by atoms with Gasteiger partial charge in [0.2, 0.25) is 0 Å². The van der Waals surface area contributed by atoms with Crippen molar-refractivity contribution >= 4 is 11.5 Å². The minimum atomic E-state index is 0.618. The highest BCUT2D eigenvalue weighted by atomic mass is 15.2.